The van der Waals surface area contributed by atoms with Crippen LogP contribution in [0.4, 0.5) is 0 Å². The lowest BCUT2D eigenvalue weighted by atomic mass is 10.0. The maximum Gasteiger partial charge on any atom is 0.365 e. The molecule has 0 saturated carbocycles. The third-order valence-corrected chi connectivity index (χ3v) is 4.13. The zero-order chi connectivity index (χ0) is 18.4. The number of carbonyl (C=O) groups is 2. The van der Waals surface area contributed by atoms with Gasteiger partial charge in [-0.2, -0.15) is 0 Å². The van der Waals surface area contributed by atoms with Crippen LogP contribution in [0.2, 0.25) is 0 Å². The van der Waals surface area contributed by atoms with E-state index in [1.54, 1.807) is 72.8 Å². The summed E-state index contributed by atoms with van der Waals surface area (Å²) in [7, 11) is 0. The lowest BCUT2D eigenvalue weighted by Gasteiger charge is -2.06. The van der Waals surface area contributed by atoms with Crippen LogP contribution in [0.25, 0.3) is 0 Å². The van der Waals surface area contributed by atoms with Gasteiger partial charge >= 0.3 is 5.97 Å². The van der Waals surface area contributed by atoms with Crippen LogP contribution in [-0.2, 0) is 4.84 Å². The molecule has 0 atom stereocenters. The standard InChI is InChI=1S/C21H14BrNO3/c22-18-13-11-17(12-14-18)21(25)26-23-19(15-7-3-1-4-8-15)20(24)16-9-5-2-6-10-16/h1-14H/b23-19+. The first-order chi connectivity index (χ1) is 12.6. The highest BCUT2D eigenvalue weighted by Crippen LogP contribution is 2.13. The van der Waals surface area contributed by atoms with Gasteiger partial charge in [0.05, 0.1) is 5.56 Å². The topological polar surface area (TPSA) is 55.7 Å². The van der Waals surface area contributed by atoms with Gasteiger partial charge in [0.25, 0.3) is 0 Å². The van der Waals surface area contributed by atoms with Gasteiger partial charge in [-0.15, -0.1) is 0 Å². The number of oxime groups is 1. The van der Waals surface area contributed by atoms with Gasteiger partial charge < -0.3 is 4.84 Å². The average molecular weight is 408 g/mol. The number of rotatable bonds is 5. The van der Waals surface area contributed by atoms with E-state index in [4.69, 9.17) is 4.84 Å². The van der Waals surface area contributed by atoms with Crippen LogP contribution in [-0.4, -0.2) is 17.5 Å². The van der Waals surface area contributed by atoms with E-state index >= 15 is 0 Å². The maximum absolute atomic E-state index is 12.8. The monoisotopic (exact) mass is 407 g/mol. The Morgan fingerprint density at radius 1 is 0.692 bits per heavy atom. The number of ketones is 1. The van der Waals surface area contributed by atoms with E-state index in [1.807, 2.05) is 12.1 Å². The SMILES string of the molecule is O=C(O/N=C(/C(=O)c1ccccc1)c1ccccc1)c1ccc(Br)cc1. The number of hydrogen-bond acceptors (Lipinski definition) is 4. The van der Waals surface area contributed by atoms with Gasteiger partial charge in [0.15, 0.2) is 5.71 Å². The molecule has 0 bridgehead atoms. The summed E-state index contributed by atoms with van der Waals surface area (Å²) in [5.74, 6) is -0.952. The minimum Gasteiger partial charge on any atom is -0.312 e. The fourth-order valence-corrected chi connectivity index (χ4v) is 2.54. The molecule has 0 aliphatic rings. The van der Waals surface area contributed by atoms with Crippen molar-refractivity contribution < 1.29 is 14.4 Å². The molecule has 0 aromatic heterocycles. The molecule has 4 nitrogen and oxygen atoms in total. The molecule has 128 valence electrons. The van der Waals surface area contributed by atoms with Crippen molar-refractivity contribution in [2.24, 2.45) is 5.16 Å². The van der Waals surface area contributed by atoms with Crippen molar-refractivity contribution in [1.82, 2.24) is 0 Å². The van der Waals surface area contributed by atoms with E-state index in [1.165, 1.54) is 0 Å². The molecule has 0 aliphatic carbocycles. The third kappa shape index (κ3) is 4.32. The fraction of sp³-hybridized carbons (Fsp3) is 0. The van der Waals surface area contributed by atoms with Crippen LogP contribution in [0.15, 0.2) is 94.6 Å². The van der Waals surface area contributed by atoms with Crippen LogP contribution >= 0.6 is 15.9 Å². The molecule has 3 aromatic rings. The molecule has 0 fully saturated rings. The van der Waals surface area contributed by atoms with E-state index in [-0.39, 0.29) is 11.5 Å². The van der Waals surface area contributed by atoms with E-state index in [9.17, 15) is 9.59 Å². The predicted molar refractivity (Wildman–Crippen MR) is 103 cm³/mol. The Balaban J connectivity index is 1.90. The van der Waals surface area contributed by atoms with Crippen molar-refractivity contribution in [3.8, 4) is 0 Å². The van der Waals surface area contributed by atoms with Crippen LogP contribution in [0.1, 0.15) is 26.3 Å². The summed E-state index contributed by atoms with van der Waals surface area (Å²) in [5.41, 5.74) is 1.46. The summed E-state index contributed by atoms with van der Waals surface area (Å²) >= 11 is 3.31. The molecule has 0 heterocycles. The van der Waals surface area contributed by atoms with Crippen molar-refractivity contribution >= 4 is 33.4 Å². The molecule has 0 radical (unpaired) electrons. The molecule has 3 rings (SSSR count). The minimum absolute atomic E-state index is 0.0715. The number of hydrogen-bond donors (Lipinski definition) is 0. The average Bonchev–Trinajstić information content (AvgIpc) is 2.70. The van der Waals surface area contributed by atoms with Gasteiger partial charge in [0.1, 0.15) is 0 Å². The Kier molecular flexibility index (Phi) is 5.71. The molecule has 3 aromatic carbocycles. The minimum atomic E-state index is -0.633. The van der Waals surface area contributed by atoms with E-state index < -0.39 is 5.97 Å². The van der Waals surface area contributed by atoms with Gasteiger partial charge in [-0.3, -0.25) is 4.79 Å². The zero-order valence-corrected chi connectivity index (χ0v) is 15.2. The molecule has 26 heavy (non-hydrogen) atoms. The number of halogens is 1. The lowest BCUT2D eigenvalue weighted by Crippen LogP contribution is -2.17. The number of nitrogens with zero attached hydrogens (tertiary/aromatic N) is 1. The van der Waals surface area contributed by atoms with Gasteiger partial charge in [0, 0.05) is 15.6 Å². The Labute approximate surface area is 159 Å². The highest BCUT2D eigenvalue weighted by Gasteiger charge is 2.18. The number of carbonyl (C=O) groups excluding carboxylic acids is 2. The molecular formula is C21H14BrNO3. The van der Waals surface area contributed by atoms with Gasteiger partial charge in [0.2, 0.25) is 5.78 Å². The Morgan fingerprint density at radius 3 is 1.81 bits per heavy atom. The van der Waals surface area contributed by atoms with Crippen LogP contribution in [0.5, 0.6) is 0 Å². The predicted octanol–water partition coefficient (Wildman–Crippen LogP) is 4.89. The largest absolute Gasteiger partial charge is 0.365 e. The smallest absolute Gasteiger partial charge is 0.312 e. The third-order valence-electron chi connectivity index (χ3n) is 3.60. The van der Waals surface area contributed by atoms with Crippen LogP contribution in [0, 0.1) is 0 Å². The van der Waals surface area contributed by atoms with Gasteiger partial charge in [-0.05, 0) is 24.3 Å². The molecular weight excluding hydrogens is 394 g/mol. The summed E-state index contributed by atoms with van der Waals surface area (Å²) in [4.78, 5) is 30.0. The van der Waals surface area contributed by atoms with Crippen LogP contribution in [0.3, 0.4) is 0 Å². The zero-order valence-electron chi connectivity index (χ0n) is 13.6. The van der Waals surface area contributed by atoms with Crippen molar-refractivity contribution in [3.05, 3.63) is 106 Å². The molecule has 0 amide bonds. The quantitative estimate of drug-likeness (QED) is 0.261. The molecule has 0 spiro atoms. The summed E-state index contributed by atoms with van der Waals surface area (Å²) in [5, 5.41) is 3.87. The van der Waals surface area contributed by atoms with Crippen molar-refractivity contribution in [2.45, 2.75) is 0 Å². The lowest BCUT2D eigenvalue weighted by molar-refractivity contribution is 0.0516. The number of Topliss-reactive ketones (excluding diaryl/α,β-unsaturated/α-hetero) is 1. The second-order valence-electron chi connectivity index (χ2n) is 5.39. The van der Waals surface area contributed by atoms with Crippen LogP contribution < -0.4 is 0 Å². The molecule has 0 saturated heterocycles. The van der Waals surface area contributed by atoms with Gasteiger partial charge in [-0.25, -0.2) is 4.79 Å². The number of benzene rings is 3. The highest BCUT2D eigenvalue weighted by molar-refractivity contribution is 9.10. The molecule has 0 aliphatic heterocycles. The van der Waals surface area contributed by atoms with Crippen molar-refractivity contribution in [2.75, 3.05) is 0 Å². The molecule has 0 N–H and O–H groups in total. The summed E-state index contributed by atoms with van der Waals surface area (Å²) < 4.78 is 0.849. The van der Waals surface area contributed by atoms with Gasteiger partial charge in [-0.1, -0.05) is 81.7 Å². The second kappa shape index (κ2) is 8.36. The first kappa shape index (κ1) is 17.8. The van der Waals surface area contributed by atoms with E-state index in [2.05, 4.69) is 21.1 Å². The molecule has 5 heteroatoms. The normalized spacial score (nSPS) is 11.0. The maximum atomic E-state index is 12.8. The molecule has 0 unspecified atom stereocenters. The Bertz CT molecular complexity index is 936. The summed E-state index contributed by atoms with van der Waals surface area (Å²) in [6.45, 7) is 0. The Hall–Kier alpha value is -3.05. The van der Waals surface area contributed by atoms with E-state index in [0.29, 0.717) is 16.7 Å². The van der Waals surface area contributed by atoms with E-state index in [0.717, 1.165) is 4.47 Å². The first-order valence-corrected chi connectivity index (χ1v) is 8.64. The first-order valence-electron chi connectivity index (χ1n) is 7.85. The van der Waals surface area contributed by atoms with Crippen molar-refractivity contribution in [1.29, 1.82) is 0 Å². The summed E-state index contributed by atoms with van der Waals surface area (Å²) in [6, 6.07) is 24.3. The van der Waals surface area contributed by atoms with Crippen molar-refractivity contribution in [3.63, 3.8) is 0 Å². The summed E-state index contributed by atoms with van der Waals surface area (Å²) in [6.07, 6.45) is 0. The highest BCUT2D eigenvalue weighted by atomic mass is 79.9. The Morgan fingerprint density at radius 2 is 1.23 bits per heavy atom. The fourth-order valence-electron chi connectivity index (χ4n) is 2.27. The second-order valence-corrected chi connectivity index (χ2v) is 6.30.